The molecule has 0 saturated carbocycles. The van der Waals surface area contributed by atoms with Crippen LogP contribution in [0.1, 0.15) is 25.2 Å². The molecule has 0 atom stereocenters. The molecule has 0 aliphatic carbocycles. The predicted molar refractivity (Wildman–Crippen MR) is 116 cm³/mol. The fraction of sp³-hybridized carbons (Fsp3) is 0.250. The average molecular weight is 430 g/mol. The van der Waals surface area contributed by atoms with Gasteiger partial charge in [-0.3, -0.25) is 19.5 Å². The molecule has 0 radical (unpaired) electrons. The smallest absolute Gasteiger partial charge is 0.271 e. The van der Waals surface area contributed by atoms with Gasteiger partial charge in [-0.25, -0.2) is 9.37 Å². The molecule has 1 aromatic heterocycles. The van der Waals surface area contributed by atoms with Crippen LogP contribution in [0.2, 0.25) is 0 Å². The predicted octanol–water partition coefficient (Wildman–Crippen LogP) is 2.30. The summed E-state index contributed by atoms with van der Waals surface area (Å²) in [6.45, 7) is 4.04. The summed E-state index contributed by atoms with van der Waals surface area (Å²) in [4.78, 5) is 27.6. The Bertz CT molecular complexity index is 1190. The number of nitrogens with zero attached hydrogens (tertiary/aromatic N) is 4. The minimum atomic E-state index is -0.598. The van der Waals surface area contributed by atoms with E-state index in [9.17, 15) is 19.3 Å². The lowest BCUT2D eigenvalue weighted by Crippen LogP contribution is -2.32. The highest BCUT2D eigenvalue weighted by atomic mass is 19.1. The quantitative estimate of drug-likeness (QED) is 0.200. The van der Waals surface area contributed by atoms with E-state index in [0.29, 0.717) is 11.3 Å². The van der Waals surface area contributed by atoms with Crippen molar-refractivity contribution < 1.29 is 14.1 Å². The Morgan fingerprint density at radius 2 is 2.00 bits per heavy atom. The molecule has 0 aliphatic heterocycles. The molecule has 4 N–H and O–H groups in total. The van der Waals surface area contributed by atoms with Crippen molar-refractivity contribution in [3.05, 3.63) is 74.1 Å². The fourth-order valence-electron chi connectivity index (χ4n) is 2.87. The van der Waals surface area contributed by atoms with E-state index >= 15 is 0 Å². The molecule has 11 heteroatoms. The van der Waals surface area contributed by atoms with Gasteiger partial charge in [0.15, 0.2) is 11.7 Å². The first-order valence-corrected chi connectivity index (χ1v) is 9.40. The second kappa shape index (κ2) is 10.1. The monoisotopic (exact) mass is 430 g/mol. The molecule has 0 fully saturated rings. The lowest BCUT2D eigenvalue weighted by Gasteiger charge is -2.13. The van der Waals surface area contributed by atoms with Crippen molar-refractivity contribution in [2.45, 2.75) is 26.8 Å². The van der Waals surface area contributed by atoms with E-state index in [-0.39, 0.29) is 41.2 Å². The molecule has 164 valence electrons. The van der Waals surface area contributed by atoms with Crippen LogP contribution in [0.5, 0.6) is 5.75 Å². The van der Waals surface area contributed by atoms with Gasteiger partial charge in [0.25, 0.3) is 11.2 Å². The maximum absolute atomic E-state index is 14.2. The molecule has 2 aromatic carbocycles. The highest BCUT2D eigenvalue weighted by Gasteiger charge is 2.17. The number of benzene rings is 2. The third kappa shape index (κ3) is 4.94. The maximum Gasteiger partial charge on any atom is 0.271 e. The normalized spacial score (nSPS) is 11.0. The Morgan fingerprint density at radius 3 is 2.58 bits per heavy atom. The van der Waals surface area contributed by atoms with Crippen LogP contribution >= 0.6 is 0 Å². The van der Waals surface area contributed by atoms with Gasteiger partial charge in [-0.1, -0.05) is 19.9 Å². The highest BCUT2D eigenvalue weighted by Crippen LogP contribution is 2.19. The van der Waals surface area contributed by atoms with Crippen LogP contribution in [-0.2, 0) is 13.0 Å². The summed E-state index contributed by atoms with van der Waals surface area (Å²) in [5.74, 6) is 4.84. The zero-order valence-electron chi connectivity index (χ0n) is 17.3. The molecule has 0 aliphatic rings. The Hall–Kier alpha value is -4.02. The van der Waals surface area contributed by atoms with Crippen LogP contribution < -0.4 is 21.9 Å². The topological polar surface area (TPSA) is 152 Å². The fourth-order valence-corrected chi connectivity index (χ4v) is 2.87. The van der Waals surface area contributed by atoms with Gasteiger partial charge in [-0.05, 0) is 24.1 Å². The van der Waals surface area contributed by atoms with Crippen molar-refractivity contribution in [1.82, 2.24) is 9.55 Å². The third-order valence-corrected chi connectivity index (χ3v) is 4.38. The van der Waals surface area contributed by atoms with Gasteiger partial charge in [0.1, 0.15) is 11.6 Å². The van der Waals surface area contributed by atoms with E-state index in [0.717, 1.165) is 6.07 Å². The number of nitrogens with two attached hydrogens (primary N) is 2. The molecule has 0 amide bonds. The van der Waals surface area contributed by atoms with Gasteiger partial charge < -0.3 is 16.3 Å². The van der Waals surface area contributed by atoms with E-state index < -0.39 is 16.3 Å². The minimum absolute atomic E-state index is 0.0353. The van der Waals surface area contributed by atoms with Gasteiger partial charge >= 0.3 is 0 Å². The highest BCUT2D eigenvalue weighted by molar-refractivity contribution is 5.96. The second-order valence-electron chi connectivity index (χ2n) is 6.07. The summed E-state index contributed by atoms with van der Waals surface area (Å²) in [6.07, 6.45) is 0.154. The van der Waals surface area contributed by atoms with E-state index in [4.69, 9.17) is 16.3 Å². The SMILES string of the molecule is CC.COc1ccc(CCn2c(/C(N)=N/N)nc3cc([N+](=O)[O-])ccc3c2=O)c(F)c1. The van der Waals surface area contributed by atoms with Crippen LogP contribution in [0.4, 0.5) is 10.1 Å². The number of methoxy groups -OCH3 is 1. The number of hydrazone groups is 1. The molecule has 3 rings (SSSR count). The van der Waals surface area contributed by atoms with Gasteiger partial charge in [-0.2, -0.15) is 5.10 Å². The number of halogens is 1. The van der Waals surface area contributed by atoms with E-state index in [1.165, 1.54) is 29.9 Å². The number of aryl methyl sites for hydroxylation is 1. The molecule has 3 aromatic rings. The molecular weight excluding hydrogens is 407 g/mol. The number of nitro benzene ring substituents is 1. The summed E-state index contributed by atoms with van der Waals surface area (Å²) < 4.78 is 20.4. The van der Waals surface area contributed by atoms with Crippen LogP contribution in [0.15, 0.2) is 46.3 Å². The number of nitro groups is 1. The van der Waals surface area contributed by atoms with Crippen molar-refractivity contribution in [2.75, 3.05) is 7.11 Å². The lowest BCUT2D eigenvalue weighted by atomic mass is 10.1. The van der Waals surface area contributed by atoms with Crippen molar-refractivity contribution in [2.24, 2.45) is 16.7 Å². The van der Waals surface area contributed by atoms with Gasteiger partial charge in [0.05, 0.1) is 22.9 Å². The van der Waals surface area contributed by atoms with E-state index in [2.05, 4.69) is 10.1 Å². The Kier molecular flexibility index (Phi) is 7.61. The molecular formula is C20H23FN6O4. The summed E-state index contributed by atoms with van der Waals surface area (Å²) in [5, 5.41) is 14.5. The third-order valence-electron chi connectivity index (χ3n) is 4.38. The molecule has 0 spiro atoms. The Labute approximate surface area is 177 Å². The summed E-state index contributed by atoms with van der Waals surface area (Å²) >= 11 is 0. The van der Waals surface area contributed by atoms with Crippen molar-refractivity contribution in [3.8, 4) is 5.75 Å². The number of aromatic nitrogens is 2. The molecule has 0 bridgehead atoms. The van der Waals surface area contributed by atoms with Crippen molar-refractivity contribution >= 4 is 22.4 Å². The molecule has 1 heterocycles. The summed E-state index contributed by atoms with van der Waals surface area (Å²) in [5.41, 5.74) is 5.48. The minimum Gasteiger partial charge on any atom is -0.497 e. The zero-order chi connectivity index (χ0) is 23.1. The number of non-ortho nitro benzene ring substituents is 1. The van der Waals surface area contributed by atoms with Crippen molar-refractivity contribution in [3.63, 3.8) is 0 Å². The molecule has 10 nitrogen and oxygen atoms in total. The van der Waals surface area contributed by atoms with Crippen LogP contribution in [0, 0.1) is 15.9 Å². The number of amidine groups is 1. The summed E-state index contributed by atoms with van der Waals surface area (Å²) in [7, 11) is 1.43. The average Bonchev–Trinajstić information content (AvgIpc) is 2.79. The number of rotatable bonds is 6. The van der Waals surface area contributed by atoms with Gasteiger partial charge in [0, 0.05) is 24.7 Å². The number of ether oxygens (including phenoxy) is 1. The first kappa shape index (κ1) is 23.3. The maximum atomic E-state index is 14.2. The van der Waals surface area contributed by atoms with Crippen LogP contribution in [0.3, 0.4) is 0 Å². The first-order chi connectivity index (χ1) is 14.8. The Balaban J connectivity index is 0.00000166. The molecule has 0 saturated heterocycles. The van der Waals surface area contributed by atoms with Crippen molar-refractivity contribution in [1.29, 1.82) is 0 Å². The van der Waals surface area contributed by atoms with Crippen LogP contribution in [0.25, 0.3) is 10.9 Å². The number of hydrogen-bond donors (Lipinski definition) is 2. The first-order valence-electron chi connectivity index (χ1n) is 9.40. The molecule has 0 unspecified atom stereocenters. The lowest BCUT2D eigenvalue weighted by molar-refractivity contribution is -0.384. The van der Waals surface area contributed by atoms with E-state index in [1.807, 2.05) is 13.8 Å². The number of hydrogen-bond acceptors (Lipinski definition) is 7. The Morgan fingerprint density at radius 1 is 1.29 bits per heavy atom. The second-order valence-corrected chi connectivity index (χ2v) is 6.07. The largest absolute Gasteiger partial charge is 0.497 e. The van der Waals surface area contributed by atoms with Gasteiger partial charge in [0.2, 0.25) is 0 Å². The summed E-state index contributed by atoms with van der Waals surface area (Å²) in [6, 6.07) is 8.09. The van der Waals surface area contributed by atoms with E-state index in [1.54, 1.807) is 12.1 Å². The van der Waals surface area contributed by atoms with Crippen LogP contribution in [-0.4, -0.2) is 27.4 Å². The standard InChI is InChI=1S/C18H17FN6O4.C2H6/c1-29-12-4-2-10(14(19)9-12)6-7-24-17(16(20)23-21)22-15-8-11(25(27)28)3-5-13(15)18(24)26;1-2/h2-5,8-9H,6-7,21H2,1H3,(H2,20,23);1-2H3. The molecule has 31 heavy (non-hydrogen) atoms. The zero-order valence-corrected chi connectivity index (χ0v) is 17.3. The van der Waals surface area contributed by atoms with Gasteiger partial charge in [-0.15, -0.1) is 0 Å². The number of fused-ring (bicyclic) bond motifs is 1.